The molecule has 0 radical (unpaired) electrons. The summed E-state index contributed by atoms with van der Waals surface area (Å²) in [6.07, 6.45) is 7.08. The number of hydrogen-bond acceptors (Lipinski definition) is 2. The van der Waals surface area contributed by atoms with Crippen LogP contribution < -0.4 is 0 Å². The molecular weight excluding hydrogens is 271 g/mol. The molecule has 1 aromatic rings. The number of halogens is 1. The van der Waals surface area contributed by atoms with Crippen LogP contribution >= 0.6 is 11.8 Å². The Bertz CT molecular complexity index is 483. The highest BCUT2D eigenvalue weighted by Gasteiger charge is 2.13. The lowest BCUT2D eigenvalue weighted by atomic mass is 10.0. The molecule has 1 nitrogen and oxygen atoms in total. The Morgan fingerprint density at radius 1 is 1.25 bits per heavy atom. The highest BCUT2D eigenvalue weighted by molar-refractivity contribution is 7.99. The van der Waals surface area contributed by atoms with Crippen molar-refractivity contribution in [1.29, 1.82) is 0 Å². The first-order chi connectivity index (χ1) is 9.79. The van der Waals surface area contributed by atoms with E-state index in [1.165, 1.54) is 38.2 Å². The molecule has 0 spiro atoms. The van der Waals surface area contributed by atoms with Crippen molar-refractivity contribution in [1.82, 2.24) is 0 Å². The largest absolute Gasteiger partial charge is 0.395 e. The van der Waals surface area contributed by atoms with Gasteiger partial charge >= 0.3 is 0 Å². The Balaban J connectivity index is 1.94. The van der Waals surface area contributed by atoms with Gasteiger partial charge in [-0.1, -0.05) is 37.2 Å². The topological polar surface area (TPSA) is 20.2 Å². The predicted octanol–water partition coefficient (Wildman–Crippen LogP) is 4.13. The lowest BCUT2D eigenvalue weighted by Crippen LogP contribution is -2.08. The number of thioether (sulfide) groups is 1. The van der Waals surface area contributed by atoms with Crippen LogP contribution in [0.5, 0.6) is 0 Å². The summed E-state index contributed by atoms with van der Waals surface area (Å²) >= 11 is 1.98. The molecule has 0 heterocycles. The first-order valence-electron chi connectivity index (χ1n) is 7.29. The van der Waals surface area contributed by atoms with E-state index in [0.29, 0.717) is 12.0 Å². The summed E-state index contributed by atoms with van der Waals surface area (Å²) in [6, 6.07) is 5.19. The van der Waals surface area contributed by atoms with E-state index in [1.54, 1.807) is 0 Å². The van der Waals surface area contributed by atoms with E-state index in [1.807, 2.05) is 23.9 Å². The van der Waals surface area contributed by atoms with Gasteiger partial charge < -0.3 is 5.11 Å². The molecule has 1 fully saturated rings. The summed E-state index contributed by atoms with van der Waals surface area (Å²) in [7, 11) is 0. The first-order valence-corrected chi connectivity index (χ1v) is 8.34. The maximum absolute atomic E-state index is 13.6. The molecule has 1 aliphatic rings. The molecule has 1 N–H and O–H groups in total. The van der Waals surface area contributed by atoms with Gasteiger partial charge in [0.15, 0.2) is 0 Å². The molecule has 2 rings (SSSR count). The molecule has 0 aromatic heterocycles. The summed E-state index contributed by atoms with van der Waals surface area (Å²) in [5.74, 6) is 6.23. The van der Waals surface area contributed by atoms with Gasteiger partial charge in [0.2, 0.25) is 0 Å². The van der Waals surface area contributed by atoms with E-state index in [2.05, 4.69) is 11.8 Å². The van der Waals surface area contributed by atoms with Crippen LogP contribution in [0.15, 0.2) is 18.2 Å². The molecule has 0 bridgehead atoms. The van der Waals surface area contributed by atoms with Crippen LogP contribution in [0.4, 0.5) is 4.39 Å². The summed E-state index contributed by atoms with van der Waals surface area (Å²) in [5, 5.41) is 9.46. The summed E-state index contributed by atoms with van der Waals surface area (Å²) in [6.45, 7) is 0.0197. The molecule has 0 amide bonds. The molecule has 1 aromatic carbocycles. The Kier molecular flexibility index (Phi) is 6.42. The number of aliphatic hydroxyl groups excluding tert-OH is 1. The molecular formula is C17H21FOS. The van der Waals surface area contributed by atoms with Crippen molar-refractivity contribution >= 4 is 11.8 Å². The van der Waals surface area contributed by atoms with E-state index in [-0.39, 0.29) is 12.4 Å². The molecule has 0 unspecified atom stereocenters. The highest BCUT2D eigenvalue weighted by Crippen LogP contribution is 2.30. The van der Waals surface area contributed by atoms with E-state index >= 15 is 0 Å². The molecule has 1 aliphatic carbocycles. The number of rotatable bonds is 4. The van der Waals surface area contributed by atoms with Crippen molar-refractivity contribution in [3.05, 3.63) is 35.1 Å². The summed E-state index contributed by atoms with van der Waals surface area (Å²) in [4.78, 5) is 0. The third-order valence-corrected chi connectivity index (χ3v) is 4.97. The molecule has 0 atom stereocenters. The summed E-state index contributed by atoms with van der Waals surface area (Å²) in [5.41, 5.74) is 1.58. The monoisotopic (exact) mass is 292 g/mol. The fraction of sp³-hybridized carbons (Fsp3) is 0.529. The molecule has 3 heteroatoms. The fourth-order valence-electron chi connectivity index (χ4n) is 2.42. The Hall–Kier alpha value is -0.980. The standard InChI is InChI=1S/C17H21FOS/c18-17-10-9-14(12-15(17)6-4-5-11-19)13-20-16-7-2-1-3-8-16/h9-10,12,16,19H,1-3,5,7-8,11,13H2. The van der Waals surface area contributed by atoms with Crippen LogP contribution in [0, 0.1) is 17.7 Å². The van der Waals surface area contributed by atoms with Gasteiger partial charge in [-0.3, -0.25) is 0 Å². The third kappa shape index (κ3) is 4.85. The van der Waals surface area contributed by atoms with E-state index in [9.17, 15) is 4.39 Å². The number of aliphatic hydroxyl groups is 1. The third-order valence-electron chi connectivity index (χ3n) is 3.53. The average molecular weight is 292 g/mol. The zero-order chi connectivity index (χ0) is 14.2. The van der Waals surface area contributed by atoms with Gasteiger partial charge in [0, 0.05) is 17.4 Å². The van der Waals surface area contributed by atoms with Crippen molar-refractivity contribution < 1.29 is 9.50 Å². The van der Waals surface area contributed by atoms with Crippen LogP contribution in [0.3, 0.4) is 0 Å². The lowest BCUT2D eigenvalue weighted by Gasteiger charge is -2.20. The number of hydrogen-bond donors (Lipinski definition) is 1. The number of benzene rings is 1. The minimum Gasteiger partial charge on any atom is -0.395 e. The van der Waals surface area contributed by atoms with Crippen LogP contribution in [0.25, 0.3) is 0 Å². The van der Waals surface area contributed by atoms with Crippen LogP contribution in [0.2, 0.25) is 0 Å². The first kappa shape index (κ1) is 15.4. The van der Waals surface area contributed by atoms with Gasteiger partial charge in [-0.25, -0.2) is 4.39 Å². The highest BCUT2D eigenvalue weighted by atomic mass is 32.2. The maximum Gasteiger partial charge on any atom is 0.138 e. The van der Waals surface area contributed by atoms with Crippen LogP contribution in [0.1, 0.15) is 49.7 Å². The second-order valence-corrected chi connectivity index (χ2v) is 6.45. The Morgan fingerprint density at radius 2 is 2.05 bits per heavy atom. The Morgan fingerprint density at radius 3 is 2.80 bits per heavy atom. The second kappa shape index (κ2) is 8.34. The van der Waals surface area contributed by atoms with E-state index < -0.39 is 0 Å². The lowest BCUT2D eigenvalue weighted by molar-refractivity contribution is 0.305. The van der Waals surface area contributed by atoms with Gasteiger partial charge in [-0.05, 0) is 30.5 Å². The molecule has 20 heavy (non-hydrogen) atoms. The van der Waals surface area contributed by atoms with Crippen LogP contribution in [-0.2, 0) is 5.75 Å². The van der Waals surface area contributed by atoms with Crippen molar-refractivity contribution in [3.8, 4) is 11.8 Å². The minimum atomic E-state index is -0.276. The predicted molar refractivity (Wildman–Crippen MR) is 83.1 cm³/mol. The van der Waals surface area contributed by atoms with Crippen molar-refractivity contribution in [2.24, 2.45) is 0 Å². The normalized spacial score (nSPS) is 15.7. The Labute approximate surface area is 125 Å². The van der Waals surface area contributed by atoms with Crippen molar-refractivity contribution in [3.63, 3.8) is 0 Å². The van der Waals surface area contributed by atoms with E-state index in [0.717, 1.165) is 16.6 Å². The van der Waals surface area contributed by atoms with Crippen LogP contribution in [-0.4, -0.2) is 17.0 Å². The van der Waals surface area contributed by atoms with E-state index in [4.69, 9.17) is 5.11 Å². The molecule has 0 aliphatic heterocycles. The smallest absolute Gasteiger partial charge is 0.138 e. The van der Waals surface area contributed by atoms with Crippen molar-refractivity contribution in [2.45, 2.75) is 49.5 Å². The zero-order valence-corrected chi connectivity index (χ0v) is 12.5. The average Bonchev–Trinajstić information content (AvgIpc) is 2.49. The second-order valence-electron chi connectivity index (χ2n) is 5.16. The van der Waals surface area contributed by atoms with Gasteiger partial charge in [-0.2, -0.15) is 11.8 Å². The van der Waals surface area contributed by atoms with Gasteiger partial charge in [-0.15, -0.1) is 0 Å². The molecule has 1 saturated carbocycles. The maximum atomic E-state index is 13.6. The van der Waals surface area contributed by atoms with Crippen molar-refractivity contribution in [2.75, 3.05) is 6.61 Å². The van der Waals surface area contributed by atoms with Gasteiger partial charge in [0.1, 0.15) is 5.82 Å². The molecule has 108 valence electrons. The van der Waals surface area contributed by atoms with Gasteiger partial charge in [0.05, 0.1) is 12.2 Å². The van der Waals surface area contributed by atoms with Gasteiger partial charge in [0.25, 0.3) is 0 Å². The summed E-state index contributed by atoms with van der Waals surface area (Å²) < 4.78 is 13.6. The zero-order valence-electron chi connectivity index (χ0n) is 11.7. The fourth-order valence-corrected chi connectivity index (χ4v) is 3.69. The SMILES string of the molecule is OCCC#Cc1cc(CSC2CCCCC2)ccc1F. The minimum absolute atomic E-state index is 0.0197. The quantitative estimate of drug-likeness (QED) is 0.842. The molecule has 0 saturated heterocycles.